The Kier molecular flexibility index (Phi) is 2.95. The molecule has 0 aliphatic heterocycles. The van der Waals surface area contributed by atoms with Crippen LogP contribution in [0.25, 0.3) is 5.65 Å². The van der Waals surface area contributed by atoms with Gasteiger partial charge in [-0.1, -0.05) is 41.9 Å². The molecule has 0 amide bonds. The molecule has 19 heavy (non-hydrogen) atoms. The zero-order chi connectivity index (χ0) is 13.4. The van der Waals surface area contributed by atoms with Crippen molar-refractivity contribution in [3.63, 3.8) is 0 Å². The van der Waals surface area contributed by atoms with Gasteiger partial charge in [-0.25, -0.2) is 0 Å². The molecule has 2 heterocycles. The molecule has 0 bridgehead atoms. The summed E-state index contributed by atoms with van der Waals surface area (Å²) in [5.41, 5.74) is 3.92. The summed E-state index contributed by atoms with van der Waals surface area (Å²) in [5.74, 6) is 0.797. The van der Waals surface area contributed by atoms with Crippen LogP contribution in [0.2, 0.25) is 5.15 Å². The average molecular weight is 273 g/mol. The van der Waals surface area contributed by atoms with Gasteiger partial charge in [0.05, 0.1) is 0 Å². The molecule has 3 aromatic rings. The first-order chi connectivity index (χ1) is 9.16. The Morgan fingerprint density at radius 3 is 2.53 bits per heavy atom. The van der Waals surface area contributed by atoms with Crippen LogP contribution in [0.5, 0.6) is 0 Å². The van der Waals surface area contributed by atoms with Crippen LogP contribution < -0.4 is 0 Å². The minimum atomic E-state index is 0.499. The van der Waals surface area contributed by atoms with Gasteiger partial charge < -0.3 is 0 Å². The first kappa shape index (κ1) is 12.1. The molecule has 0 fully saturated rings. The van der Waals surface area contributed by atoms with Crippen molar-refractivity contribution < 1.29 is 0 Å². The van der Waals surface area contributed by atoms with Crippen molar-refractivity contribution in [3.8, 4) is 0 Å². The van der Waals surface area contributed by atoms with Crippen LogP contribution in [-0.4, -0.2) is 19.8 Å². The van der Waals surface area contributed by atoms with Gasteiger partial charge in [-0.05, 0) is 25.0 Å². The van der Waals surface area contributed by atoms with E-state index in [-0.39, 0.29) is 0 Å². The number of halogens is 1. The maximum atomic E-state index is 6.14. The molecule has 0 radical (unpaired) electrons. The molecule has 2 aromatic heterocycles. The van der Waals surface area contributed by atoms with E-state index in [0.717, 1.165) is 22.6 Å². The number of nitrogens with zero attached hydrogens (tertiary/aromatic N) is 4. The minimum absolute atomic E-state index is 0.499. The zero-order valence-electron chi connectivity index (χ0n) is 10.8. The van der Waals surface area contributed by atoms with Gasteiger partial charge in [-0.3, -0.25) is 0 Å². The monoisotopic (exact) mass is 272 g/mol. The molecule has 0 spiro atoms. The topological polar surface area (TPSA) is 43.1 Å². The third kappa shape index (κ3) is 2.08. The van der Waals surface area contributed by atoms with Gasteiger partial charge in [0.25, 0.3) is 0 Å². The zero-order valence-corrected chi connectivity index (χ0v) is 11.5. The van der Waals surface area contributed by atoms with E-state index in [2.05, 4.69) is 27.4 Å². The smallest absolute Gasteiger partial charge is 0.181 e. The van der Waals surface area contributed by atoms with Gasteiger partial charge in [0, 0.05) is 12.0 Å². The molecule has 4 nitrogen and oxygen atoms in total. The van der Waals surface area contributed by atoms with Gasteiger partial charge in [0.15, 0.2) is 16.6 Å². The van der Waals surface area contributed by atoms with E-state index in [1.54, 1.807) is 4.52 Å². The molecule has 0 saturated heterocycles. The van der Waals surface area contributed by atoms with E-state index in [1.807, 2.05) is 32.0 Å². The summed E-state index contributed by atoms with van der Waals surface area (Å²) in [5, 5.41) is 13.3. The lowest BCUT2D eigenvalue weighted by molar-refractivity contribution is 0.831. The summed E-state index contributed by atoms with van der Waals surface area (Å²) in [6, 6.07) is 10.1. The molecular formula is C14H13ClN4. The largest absolute Gasteiger partial charge is 0.195 e. The normalized spacial score (nSPS) is 11.1. The number of hydrogen-bond acceptors (Lipinski definition) is 3. The third-order valence-corrected chi connectivity index (χ3v) is 3.66. The molecule has 0 unspecified atom stereocenters. The highest BCUT2D eigenvalue weighted by atomic mass is 35.5. The number of benzene rings is 1. The maximum Gasteiger partial charge on any atom is 0.181 e. The predicted octanol–water partition coefficient (Wildman–Crippen LogP) is 2.99. The Bertz CT molecular complexity index is 734. The summed E-state index contributed by atoms with van der Waals surface area (Å²) in [7, 11) is 0. The van der Waals surface area contributed by atoms with Gasteiger partial charge in [-0.15, -0.1) is 10.2 Å². The Labute approximate surface area is 116 Å². The third-order valence-electron chi connectivity index (χ3n) is 3.31. The van der Waals surface area contributed by atoms with Crippen LogP contribution in [0.4, 0.5) is 0 Å². The molecule has 0 N–H and O–H groups in total. The van der Waals surface area contributed by atoms with Crippen molar-refractivity contribution in [2.24, 2.45) is 0 Å². The first-order valence-corrected chi connectivity index (χ1v) is 6.45. The van der Waals surface area contributed by atoms with Gasteiger partial charge in [0.2, 0.25) is 0 Å². The lowest BCUT2D eigenvalue weighted by Crippen LogP contribution is -2.03. The Balaban J connectivity index is 2.11. The van der Waals surface area contributed by atoms with E-state index >= 15 is 0 Å². The van der Waals surface area contributed by atoms with E-state index in [0.29, 0.717) is 11.6 Å². The Morgan fingerprint density at radius 1 is 1.05 bits per heavy atom. The summed E-state index contributed by atoms with van der Waals surface area (Å²) in [6.45, 7) is 3.93. The molecule has 1 aromatic carbocycles. The molecule has 3 rings (SSSR count). The molecular weight excluding hydrogens is 260 g/mol. The van der Waals surface area contributed by atoms with Crippen molar-refractivity contribution in [3.05, 3.63) is 58.0 Å². The van der Waals surface area contributed by atoms with Crippen LogP contribution in [-0.2, 0) is 6.42 Å². The molecule has 96 valence electrons. The lowest BCUT2D eigenvalue weighted by atomic mass is 10.1. The van der Waals surface area contributed by atoms with Gasteiger partial charge >= 0.3 is 0 Å². The van der Waals surface area contributed by atoms with Crippen molar-refractivity contribution in [1.29, 1.82) is 0 Å². The van der Waals surface area contributed by atoms with Gasteiger partial charge in [0.1, 0.15) is 0 Å². The summed E-state index contributed by atoms with van der Waals surface area (Å²) in [4.78, 5) is 0. The van der Waals surface area contributed by atoms with Crippen molar-refractivity contribution in [2.75, 3.05) is 0 Å². The fourth-order valence-electron chi connectivity index (χ4n) is 2.02. The highest BCUT2D eigenvalue weighted by Gasteiger charge is 2.13. The first-order valence-electron chi connectivity index (χ1n) is 6.07. The quantitative estimate of drug-likeness (QED) is 0.720. The fourth-order valence-corrected chi connectivity index (χ4v) is 2.24. The van der Waals surface area contributed by atoms with Crippen LogP contribution in [0.3, 0.4) is 0 Å². The predicted molar refractivity (Wildman–Crippen MR) is 74.5 cm³/mol. The fraction of sp³-hybridized carbons (Fsp3) is 0.214. The standard InChI is InChI=1S/C14H13ClN4/c1-9-10(2)14-17-16-12(19(14)18-13(9)15)8-11-6-4-3-5-7-11/h3-7H,8H2,1-2H3. The van der Waals surface area contributed by atoms with Crippen molar-refractivity contribution >= 4 is 17.2 Å². The molecule has 0 saturated carbocycles. The second kappa shape index (κ2) is 4.63. The number of fused-ring (bicyclic) bond motifs is 1. The molecule has 0 aliphatic carbocycles. The number of rotatable bonds is 2. The van der Waals surface area contributed by atoms with Crippen molar-refractivity contribution in [1.82, 2.24) is 19.8 Å². The Hall–Kier alpha value is -1.94. The summed E-state index contributed by atoms with van der Waals surface area (Å²) >= 11 is 6.14. The Morgan fingerprint density at radius 2 is 1.79 bits per heavy atom. The summed E-state index contributed by atoms with van der Waals surface area (Å²) in [6.07, 6.45) is 0.688. The van der Waals surface area contributed by atoms with Crippen LogP contribution in [0, 0.1) is 13.8 Å². The summed E-state index contributed by atoms with van der Waals surface area (Å²) < 4.78 is 1.73. The van der Waals surface area contributed by atoms with E-state index in [1.165, 1.54) is 5.56 Å². The van der Waals surface area contributed by atoms with Crippen molar-refractivity contribution in [2.45, 2.75) is 20.3 Å². The van der Waals surface area contributed by atoms with Crippen LogP contribution in [0.1, 0.15) is 22.5 Å². The minimum Gasteiger partial charge on any atom is -0.195 e. The second-order valence-corrected chi connectivity index (χ2v) is 4.91. The van der Waals surface area contributed by atoms with E-state index < -0.39 is 0 Å². The van der Waals surface area contributed by atoms with Crippen LogP contribution >= 0.6 is 11.6 Å². The van der Waals surface area contributed by atoms with Crippen LogP contribution in [0.15, 0.2) is 30.3 Å². The average Bonchev–Trinajstić information content (AvgIpc) is 2.81. The number of aryl methyl sites for hydroxylation is 1. The number of hydrogen-bond donors (Lipinski definition) is 0. The van der Waals surface area contributed by atoms with E-state index in [4.69, 9.17) is 11.6 Å². The van der Waals surface area contributed by atoms with Gasteiger partial charge in [-0.2, -0.15) is 9.61 Å². The van der Waals surface area contributed by atoms with E-state index in [9.17, 15) is 0 Å². The molecule has 0 aliphatic rings. The molecule has 0 atom stereocenters. The number of aromatic nitrogens is 4. The molecule has 5 heteroatoms. The highest BCUT2D eigenvalue weighted by molar-refractivity contribution is 6.30. The lowest BCUT2D eigenvalue weighted by Gasteiger charge is -2.05. The SMILES string of the molecule is Cc1c(Cl)nn2c(Cc3ccccc3)nnc2c1C. The highest BCUT2D eigenvalue weighted by Crippen LogP contribution is 2.20. The maximum absolute atomic E-state index is 6.14. The second-order valence-electron chi connectivity index (χ2n) is 4.55.